The Morgan fingerprint density at radius 1 is 0.182 bits per heavy atom. The fraction of sp³-hybridized carbons (Fsp3) is 0. The van der Waals surface area contributed by atoms with Crippen molar-refractivity contribution in [2.24, 2.45) is 0 Å². The van der Waals surface area contributed by atoms with Gasteiger partial charge < -0.3 is 43.8 Å². The zero-order valence-corrected chi connectivity index (χ0v) is 11.2. The average Bonchev–Trinajstić information content (AvgIpc) is 0. The first-order chi connectivity index (χ1) is 0. The third-order valence-corrected chi connectivity index (χ3v) is 0. The molecule has 0 rings (SSSR count). The van der Waals surface area contributed by atoms with Crippen LogP contribution in [-0.2, 0) is 63.2 Å². The Hall–Kier alpha value is 1.74. The molecule has 0 spiro atoms. The van der Waals surface area contributed by atoms with Crippen LogP contribution in [0.4, 0.5) is 0 Å². The normalized spacial score (nSPS) is 0. The molecule has 82 valence electrons. The number of hydrogen-bond donors (Lipinski definition) is 0. The molecule has 0 saturated heterocycles. The molecule has 11 heteroatoms. The molecule has 0 aliphatic rings. The Morgan fingerprint density at radius 3 is 0.182 bits per heavy atom. The van der Waals surface area contributed by atoms with Crippen LogP contribution in [0, 0.1) is 0 Å². The molecule has 0 aromatic heterocycles. The van der Waals surface area contributed by atoms with Crippen molar-refractivity contribution in [3.63, 3.8) is 0 Å². The van der Waals surface area contributed by atoms with Gasteiger partial charge in [0.05, 0.1) is 0 Å². The van der Waals surface area contributed by atoms with Gasteiger partial charge in [-0.05, 0) is 0 Å². The molecule has 0 heterocycles. The first kappa shape index (κ1) is 577. The molecule has 0 radical (unpaired) electrons. The molecule has 0 saturated carbocycles. The Balaban J connectivity index is 0. The van der Waals surface area contributed by atoms with Gasteiger partial charge in [0.15, 0.2) is 0 Å². The number of hydrogen-bond acceptors (Lipinski definition) is 0. The van der Waals surface area contributed by atoms with Crippen LogP contribution in [0.3, 0.4) is 0 Å². The van der Waals surface area contributed by atoms with E-state index in [2.05, 4.69) is 0 Å². The van der Waals surface area contributed by atoms with E-state index in [4.69, 9.17) is 0 Å². The molecule has 16 N–H and O–H groups in total. The maximum absolute atomic E-state index is 0. The Morgan fingerprint density at radius 2 is 0.182 bits per heavy atom. The molecular formula is H16Mo3O8. The summed E-state index contributed by atoms with van der Waals surface area (Å²) in [4.78, 5) is 0. The second kappa shape index (κ2) is 445. The third kappa shape index (κ3) is 366. The molecule has 0 aliphatic heterocycles. The van der Waals surface area contributed by atoms with Crippen molar-refractivity contribution in [3.05, 3.63) is 0 Å². The summed E-state index contributed by atoms with van der Waals surface area (Å²) >= 11 is 0. The van der Waals surface area contributed by atoms with Crippen molar-refractivity contribution in [2.45, 2.75) is 0 Å². The van der Waals surface area contributed by atoms with Gasteiger partial charge in [-0.3, -0.25) is 0 Å². The van der Waals surface area contributed by atoms with E-state index in [-0.39, 0.29) is 107 Å². The molecule has 0 aliphatic carbocycles. The molecule has 0 bridgehead atoms. The van der Waals surface area contributed by atoms with E-state index in [9.17, 15) is 0 Å². The summed E-state index contributed by atoms with van der Waals surface area (Å²) in [5.41, 5.74) is 0. The topological polar surface area (TPSA) is 252 Å². The van der Waals surface area contributed by atoms with Gasteiger partial charge in [-0.2, -0.15) is 0 Å². The van der Waals surface area contributed by atoms with E-state index in [1.165, 1.54) is 0 Å². The first-order valence-electron chi connectivity index (χ1n) is 0. The minimum absolute atomic E-state index is 0. The van der Waals surface area contributed by atoms with Crippen LogP contribution >= 0.6 is 0 Å². The van der Waals surface area contributed by atoms with Crippen LogP contribution in [0.25, 0.3) is 0 Å². The van der Waals surface area contributed by atoms with E-state index in [1.807, 2.05) is 0 Å². The summed E-state index contributed by atoms with van der Waals surface area (Å²) in [6.45, 7) is 0. The first-order valence-corrected chi connectivity index (χ1v) is 0. The van der Waals surface area contributed by atoms with Gasteiger partial charge in [-0.15, -0.1) is 0 Å². The summed E-state index contributed by atoms with van der Waals surface area (Å²) in [7, 11) is 0. The van der Waals surface area contributed by atoms with Crippen molar-refractivity contribution in [2.75, 3.05) is 0 Å². The minimum atomic E-state index is 0. The molecule has 8 nitrogen and oxygen atoms in total. The SMILES string of the molecule is O.O.O.O.O.O.O.O.[Mo].[Mo].[Mo]. The van der Waals surface area contributed by atoms with Crippen molar-refractivity contribution in [1.29, 1.82) is 0 Å². The zero-order chi connectivity index (χ0) is 0. The van der Waals surface area contributed by atoms with Crippen LogP contribution in [0.1, 0.15) is 0 Å². The Bertz CT molecular complexity index is 9.30. The summed E-state index contributed by atoms with van der Waals surface area (Å²) in [6.07, 6.45) is 0. The summed E-state index contributed by atoms with van der Waals surface area (Å²) in [5, 5.41) is 0. The quantitative estimate of drug-likeness (QED) is 0.324. The monoisotopic (exact) mass is 438 g/mol. The molecule has 0 unspecified atom stereocenters. The Labute approximate surface area is 106 Å². The molecule has 0 aromatic rings. The summed E-state index contributed by atoms with van der Waals surface area (Å²) in [5.74, 6) is 0. The smallest absolute Gasteiger partial charge is 0 e. The second-order valence-electron chi connectivity index (χ2n) is 0. The van der Waals surface area contributed by atoms with Gasteiger partial charge >= 0.3 is 0 Å². The molecule has 0 atom stereocenters. The Kier molecular flexibility index (Phi) is 23400. The van der Waals surface area contributed by atoms with Crippen molar-refractivity contribution in [1.82, 2.24) is 0 Å². The molecular weight excluding hydrogens is 416 g/mol. The largest absolute Gasteiger partial charge is 0.412 e. The van der Waals surface area contributed by atoms with Gasteiger partial charge in [0.2, 0.25) is 0 Å². The third-order valence-electron chi connectivity index (χ3n) is 0. The van der Waals surface area contributed by atoms with E-state index in [0.29, 0.717) is 0 Å². The maximum atomic E-state index is 0. The van der Waals surface area contributed by atoms with E-state index >= 15 is 0 Å². The van der Waals surface area contributed by atoms with Gasteiger partial charge in [0.1, 0.15) is 0 Å². The zero-order valence-electron chi connectivity index (χ0n) is 5.22. The molecule has 11 heavy (non-hydrogen) atoms. The van der Waals surface area contributed by atoms with Crippen LogP contribution in [0.2, 0.25) is 0 Å². The fourth-order valence-corrected chi connectivity index (χ4v) is 0. The molecule has 0 fully saturated rings. The summed E-state index contributed by atoms with van der Waals surface area (Å²) < 4.78 is 0. The van der Waals surface area contributed by atoms with E-state index < -0.39 is 0 Å². The van der Waals surface area contributed by atoms with Gasteiger partial charge in [0, 0.05) is 63.2 Å². The van der Waals surface area contributed by atoms with Gasteiger partial charge in [0.25, 0.3) is 0 Å². The van der Waals surface area contributed by atoms with Gasteiger partial charge in [-0.25, -0.2) is 0 Å². The van der Waals surface area contributed by atoms with Crippen molar-refractivity contribution >= 4 is 0 Å². The van der Waals surface area contributed by atoms with E-state index in [1.54, 1.807) is 0 Å². The predicted octanol–water partition coefficient (Wildman–Crippen LogP) is -6.61. The summed E-state index contributed by atoms with van der Waals surface area (Å²) in [6, 6.07) is 0. The molecule has 0 amide bonds. The van der Waals surface area contributed by atoms with Crippen LogP contribution in [-0.4, -0.2) is 43.8 Å². The number of rotatable bonds is 0. The van der Waals surface area contributed by atoms with Crippen LogP contribution < -0.4 is 0 Å². The fourth-order valence-electron chi connectivity index (χ4n) is 0. The van der Waals surface area contributed by atoms with Crippen LogP contribution in [0.15, 0.2) is 0 Å². The van der Waals surface area contributed by atoms with Crippen molar-refractivity contribution < 1.29 is 107 Å². The minimum Gasteiger partial charge on any atom is -0.412 e. The average molecular weight is 432 g/mol. The molecule has 0 aromatic carbocycles. The van der Waals surface area contributed by atoms with Crippen molar-refractivity contribution in [3.8, 4) is 0 Å². The maximum Gasteiger partial charge on any atom is 0 e. The standard InChI is InChI=1S/3Mo.8H2O/h;;;8*1H2. The van der Waals surface area contributed by atoms with Crippen LogP contribution in [0.5, 0.6) is 0 Å². The van der Waals surface area contributed by atoms with E-state index in [0.717, 1.165) is 0 Å². The predicted molar refractivity (Wildman–Crippen MR) is 28.9 cm³/mol. The van der Waals surface area contributed by atoms with Gasteiger partial charge in [-0.1, -0.05) is 0 Å². The second-order valence-corrected chi connectivity index (χ2v) is 0.